The van der Waals surface area contributed by atoms with Crippen molar-refractivity contribution in [1.29, 1.82) is 0 Å². The number of hydrogen-bond acceptors (Lipinski definition) is 5. The molecule has 2 heterocycles. The molecule has 17 heavy (non-hydrogen) atoms. The molecule has 2 aliphatic rings. The van der Waals surface area contributed by atoms with Gasteiger partial charge in [0, 0.05) is 0 Å². The van der Waals surface area contributed by atoms with Crippen molar-refractivity contribution in [1.82, 2.24) is 0 Å². The van der Waals surface area contributed by atoms with E-state index in [9.17, 15) is 0 Å². The van der Waals surface area contributed by atoms with Crippen molar-refractivity contribution in [3.63, 3.8) is 0 Å². The summed E-state index contributed by atoms with van der Waals surface area (Å²) in [7, 11) is 0. The molecular formula is C12H24O5. The molecule has 0 aromatic heterocycles. The molecule has 0 aliphatic carbocycles. The average molecular weight is 248 g/mol. The topological polar surface area (TPSA) is 57.2 Å². The highest BCUT2D eigenvalue weighted by molar-refractivity contribution is 4.69. The second-order valence-electron chi connectivity index (χ2n) is 5.27. The van der Waals surface area contributed by atoms with E-state index in [1.165, 1.54) is 0 Å². The first-order valence-electron chi connectivity index (χ1n) is 5.98. The molecule has 2 atom stereocenters. The maximum Gasteiger partial charge on any atom is 0.163 e. The minimum absolute atomic E-state index is 0.0451. The molecule has 0 aromatic rings. The van der Waals surface area contributed by atoms with Gasteiger partial charge in [-0.05, 0) is 34.6 Å². The Morgan fingerprint density at radius 2 is 1.53 bits per heavy atom. The highest BCUT2D eigenvalue weighted by Crippen LogP contribution is 2.21. The SMILES string of the molecule is CC1(C)OCC(CO)O1.CC1COC(C)(C)O1. The predicted octanol–water partition coefficient (Wildman–Crippen LogP) is 1.29. The smallest absolute Gasteiger partial charge is 0.163 e. The summed E-state index contributed by atoms with van der Waals surface area (Å²) >= 11 is 0. The number of rotatable bonds is 1. The second-order valence-corrected chi connectivity index (χ2v) is 5.27. The molecule has 2 fully saturated rings. The van der Waals surface area contributed by atoms with Crippen molar-refractivity contribution in [2.24, 2.45) is 0 Å². The van der Waals surface area contributed by atoms with Gasteiger partial charge in [0.25, 0.3) is 0 Å². The molecule has 1 N–H and O–H groups in total. The highest BCUT2D eigenvalue weighted by atomic mass is 16.7. The van der Waals surface area contributed by atoms with E-state index in [4.69, 9.17) is 24.1 Å². The molecule has 0 radical (unpaired) electrons. The van der Waals surface area contributed by atoms with Crippen molar-refractivity contribution >= 4 is 0 Å². The van der Waals surface area contributed by atoms with Crippen LogP contribution >= 0.6 is 0 Å². The zero-order chi connectivity index (χ0) is 13.1. The third-order valence-corrected chi connectivity index (χ3v) is 2.42. The van der Waals surface area contributed by atoms with Gasteiger partial charge >= 0.3 is 0 Å². The van der Waals surface area contributed by atoms with Crippen LogP contribution in [0.4, 0.5) is 0 Å². The molecular weight excluding hydrogens is 224 g/mol. The van der Waals surface area contributed by atoms with E-state index in [0.29, 0.717) is 6.61 Å². The lowest BCUT2D eigenvalue weighted by atomic mass is 10.4. The maximum absolute atomic E-state index is 8.59. The lowest BCUT2D eigenvalue weighted by molar-refractivity contribution is -0.142. The van der Waals surface area contributed by atoms with Crippen molar-refractivity contribution in [2.45, 2.75) is 58.4 Å². The Labute approximate surface area is 103 Å². The summed E-state index contributed by atoms with van der Waals surface area (Å²) in [4.78, 5) is 0. The molecule has 0 amide bonds. The minimum atomic E-state index is -0.493. The van der Waals surface area contributed by atoms with Crippen molar-refractivity contribution in [3.8, 4) is 0 Å². The Hall–Kier alpha value is -0.200. The van der Waals surface area contributed by atoms with Crippen LogP contribution < -0.4 is 0 Å². The van der Waals surface area contributed by atoms with Gasteiger partial charge in [-0.25, -0.2) is 0 Å². The van der Waals surface area contributed by atoms with Gasteiger partial charge in [-0.3, -0.25) is 0 Å². The van der Waals surface area contributed by atoms with Gasteiger partial charge < -0.3 is 24.1 Å². The summed E-state index contributed by atoms with van der Waals surface area (Å²) in [5.41, 5.74) is 0. The van der Waals surface area contributed by atoms with E-state index in [-0.39, 0.29) is 24.6 Å². The first kappa shape index (κ1) is 14.9. The van der Waals surface area contributed by atoms with Gasteiger partial charge in [0.15, 0.2) is 11.6 Å². The summed E-state index contributed by atoms with van der Waals surface area (Å²) in [6.07, 6.45) is 0.144. The first-order valence-corrected chi connectivity index (χ1v) is 5.98. The van der Waals surface area contributed by atoms with Gasteiger partial charge in [0.2, 0.25) is 0 Å². The van der Waals surface area contributed by atoms with E-state index in [0.717, 1.165) is 6.61 Å². The highest BCUT2D eigenvalue weighted by Gasteiger charge is 2.31. The Kier molecular flexibility index (Phi) is 4.92. The van der Waals surface area contributed by atoms with Gasteiger partial charge in [-0.2, -0.15) is 0 Å². The fourth-order valence-corrected chi connectivity index (χ4v) is 1.72. The quantitative estimate of drug-likeness (QED) is 0.757. The van der Waals surface area contributed by atoms with Crippen molar-refractivity contribution in [2.75, 3.05) is 19.8 Å². The van der Waals surface area contributed by atoms with Crippen LogP contribution in [0.15, 0.2) is 0 Å². The Morgan fingerprint density at radius 3 is 1.71 bits per heavy atom. The van der Waals surface area contributed by atoms with Gasteiger partial charge in [0.1, 0.15) is 6.10 Å². The molecule has 2 unspecified atom stereocenters. The van der Waals surface area contributed by atoms with Gasteiger partial charge in [-0.1, -0.05) is 0 Å². The molecule has 0 saturated carbocycles. The number of ether oxygens (including phenoxy) is 4. The van der Waals surface area contributed by atoms with Gasteiger partial charge in [-0.15, -0.1) is 0 Å². The molecule has 0 spiro atoms. The average Bonchev–Trinajstić information content (AvgIpc) is 2.70. The van der Waals surface area contributed by atoms with E-state index >= 15 is 0 Å². The minimum Gasteiger partial charge on any atom is -0.394 e. The van der Waals surface area contributed by atoms with Crippen LogP contribution in [0.5, 0.6) is 0 Å². The number of hydrogen-bond donors (Lipinski definition) is 1. The van der Waals surface area contributed by atoms with Crippen LogP contribution in [0.1, 0.15) is 34.6 Å². The van der Waals surface area contributed by atoms with Crippen molar-refractivity contribution < 1.29 is 24.1 Å². The molecule has 5 nitrogen and oxygen atoms in total. The number of aliphatic hydroxyl groups excluding tert-OH is 1. The maximum atomic E-state index is 8.59. The van der Waals surface area contributed by atoms with E-state index in [1.807, 2.05) is 34.6 Å². The number of aliphatic hydroxyl groups is 1. The Balaban J connectivity index is 0.000000171. The summed E-state index contributed by atoms with van der Waals surface area (Å²) in [5, 5.41) is 8.59. The largest absolute Gasteiger partial charge is 0.394 e. The lowest BCUT2D eigenvalue weighted by Crippen LogP contribution is -2.22. The third-order valence-electron chi connectivity index (χ3n) is 2.42. The van der Waals surface area contributed by atoms with Crippen LogP contribution in [-0.4, -0.2) is 48.7 Å². The van der Waals surface area contributed by atoms with Crippen LogP contribution in [0, 0.1) is 0 Å². The fourth-order valence-electron chi connectivity index (χ4n) is 1.72. The van der Waals surface area contributed by atoms with Crippen LogP contribution in [0.25, 0.3) is 0 Å². The van der Waals surface area contributed by atoms with E-state index < -0.39 is 5.79 Å². The second kappa shape index (κ2) is 5.63. The molecule has 2 rings (SSSR count). The van der Waals surface area contributed by atoms with Gasteiger partial charge in [0.05, 0.1) is 25.9 Å². The monoisotopic (exact) mass is 248 g/mol. The van der Waals surface area contributed by atoms with Crippen LogP contribution in [0.2, 0.25) is 0 Å². The Morgan fingerprint density at radius 1 is 1.00 bits per heavy atom. The van der Waals surface area contributed by atoms with Crippen molar-refractivity contribution in [3.05, 3.63) is 0 Å². The summed E-state index contributed by atoms with van der Waals surface area (Å²) in [6.45, 7) is 10.8. The molecule has 2 saturated heterocycles. The molecule has 0 bridgehead atoms. The zero-order valence-corrected chi connectivity index (χ0v) is 11.4. The molecule has 5 heteroatoms. The molecule has 102 valence electrons. The standard InChI is InChI=1S/C6H12O3.C6H12O2/c1-6(2)8-4-5(3-7)9-6;1-5-4-7-6(2,3)8-5/h5,7H,3-4H2,1-2H3;5H,4H2,1-3H3. The van der Waals surface area contributed by atoms with E-state index in [2.05, 4.69) is 0 Å². The van der Waals surface area contributed by atoms with E-state index in [1.54, 1.807) is 0 Å². The molecule has 2 aliphatic heterocycles. The van der Waals surface area contributed by atoms with Crippen LogP contribution in [0.3, 0.4) is 0 Å². The van der Waals surface area contributed by atoms with Crippen LogP contribution in [-0.2, 0) is 18.9 Å². The predicted molar refractivity (Wildman–Crippen MR) is 62.6 cm³/mol. The summed E-state index contributed by atoms with van der Waals surface area (Å²) < 4.78 is 20.9. The zero-order valence-electron chi connectivity index (χ0n) is 11.4. The Bertz CT molecular complexity index is 239. The summed E-state index contributed by atoms with van der Waals surface area (Å²) in [5.74, 6) is -0.827. The molecule has 0 aromatic carbocycles. The summed E-state index contributed by atoms with van der Waals surface area (Å²) in [6, 6.07) is 0. The fraction of sp³-hybridized carbons (Fsp3) is 1.00. The third kappa shape index (κ3) is 5.31. The normalized spacial score (nSPS) is 34.2. The lowest BCUT2D eigenvalue weighted by Gasteiger charge is -2.15. The first-order chi connectivity index (χ1) is 7.74.